The molecule has 0 N–H and O–H groups in total. The first-order valence-electron chi connectivity index (χ1n) is 7.85. The normalized spacial score (nSPS) is 10.3. The van der Waals surface area contributed by atoms with Gasteiger partial charge in [-0.25, -0.2) is 0 Å². The predicted molar refractivity (Wildman–Crippen MR) is 98.1 cm³/mol. The molecule has 0 bridgehead atoms. The lowest BCUT2D eigenvalue weighted by Crippen LogP contribution is -2.30. The Kier molecular flexibility index (Phi) is 6.41. The zero-order valence-electron chi connectivity index (χ0n) is 14.7. The van der Waals surface area contributed by atoms with Crippen molar-refractivity contribution in [2.45, 2.75) is 13.5 Å². The highest BCUT2D eigenvalue weighted by Crippen LogP contribution is 2.29. The van der Waals surface area contributed by atoms with Crippen molar-refractivity contribution < 1.29 is 19.2 Å². The minimum absolute atomic E-state index is 0.00510. The Balaban J connectivity index is 2.27. The molecule has 0 saturated carbocycles. The largest absolute Gasteiger partial charge is 0.493 e. The minimum atomic E-state index is -0.607. The van der Waals surface area contributed by atoms with Gasteiger partial charge in [0.2, 0.25) is 0 Å². The van der Waals surface area contributed by atoms with Crippen LogP contribution in [0, 0.1) is 10.1 Å². The highest BCUT2D eigenvalue weighted by molar-refractivity contribution is 6.32. The van der Waals surface area contributed by atoms with E-state index in [4.69, 9.17) is 21.1 Å². The van der Waals surface area contributed by atoms with Crippen LogP contribution in [0.5, 0.6) is 11.5 Å². The monoisotopic (exact) mass is 378 g/mol. The van der Waals surface area contributed by atoms with Crippen LogP contribution in [0.1, 0.15) is 22.8 Å². The molecule has 0 radical (unpaired) electrons. The molecule has 0 aliphatic carbocycles. The third-order valence-electron chi connectivity index (χ3n) is 3.88. The Morgan fingerprint density at radius 1 is 1.15 bits per heavy atom. The Hall–Kier alpha value is -2.80. The summed E-state index contributed by atoms with van der Waals surface area (Å²) in [6, 6.07) is 9.42. The van der Waals surface area contributed by atoms with Crippen molar-refractivity contribution in [3.8, 4) is 11.5 Å². The molecule has 26 heavy (non-hydrogen) atoms. The number of nitrogens with zero attached hydrogens (tertiary/aromatic N) is 2. The van der Waals surface area contributed by atoms with Crippen LogP contribution in [0.3, 0.4) is 0 Å². The summed E-state index contributed by atoms with van der Waals surface area (Å²) in [5, 5.41) is 11.0. The first kappa shape index (κ1) is 19.5. The summed E-state index contributed by atoms with van der Waals surface area (Å²) in [5.74, 6) is 0.844. The summed E-state index contributed by atoms with van der Waals surface area (Å²) in [4.78, 5) is 24.7. The molecule has 0 aromatic heterocycles. The second-order valence-electron chi connectivity index (χ2n) is 5.43. The molecule has 1 amide bonds. The van der Waals surface area contributed by atoms with E-state index in [2.05, 4.69) is 0 Å². The first-order valence-corrected chi connectivity index (χ1v) is 8.23. The molecule has 0 aliphatic rings. The van der Waals surface area contributed by atoms with Crippen LogP contribution in [0.2, 0.25) is 5.02 Å². The number of carbonyl (C=O) groups excluding carboxylic acids is 1. The van der Waals surface area contributed by atoms with E-state index in [1.807, 2.05) is 13.0 Å². The second-order valence-corrected chi connectivity index (χ2v) is 5.84. The number of hydrogen-bond acceptors (Lipinski definition) is 5. The quantitative estimate of drug-likeness (QED) is 0.538. The summed E-state index contributed by atoms with van der Waals surface area (Å²) in [5.41, 5.74) is 0.768. The lowest BCUT2D eigenvalue weighted by Gasteiger charge is -2.21. The minimum Gasteiger partial charge on any atom is -0.493 e. The molecule has 2 aromatic carbocycles. The molecule has 0 unspecified atom stereocenters. The molecular formula is C18H19ClN2O5. The summed E-state index contributed by atoms with van der Waals surface area (Å²) >= 11 is 5.81. The number of methoxy groups -OCH3 is 2. The van der Waals surface area contributed by atoms with Gasteiger partial charge in [-0.3, -0.25) is 14.9 Å². The zero-order valence-corrected chi connectivity index (χ0v) is 15.4. The maximum atomic E-state index is 12.7. The van der Waals surface area contributed by atoms with Gasteiger partial charge in [0.05, 0.1) is 19.1 Å². The summed E-state index contributed by atoms with van der Waals surface area (Å²) in [6.07, 6.45) is 0. The molecule has 2 aromatic rings. The van der Waals surface area contributed by atoms with Crippen LogP contribution in [0.4, 0.5) is 5.69 Å². The molecule has 7 nitrogen and oxygen atoms in total. The van der Waals surface area contributed by atoms with Gasteiger partial charge in [0.25, 0.3) is 11.6 Å². The highest BCUT2D eigenvalue weighted by Gasteiger charge is 2.20. The topological polar surface area (TPSA) is 81.9 Å². The van der Waals surface area contributed by atoms with E-state index < -0.39 is 4.92 Å². The standard InChI is InChI=1S/C18H19ClN2O5/c1-4-20(11-12-5-8-16(25-2)17(9-12)26-3)18(22)13-6-7-14(19)15(10-13)21(23)24/h5-10H,4,11H2,1-3H3. The van der Waals surface area contributed by atoms with Crippen LogP contribution in [-0.4, -0.2) is 36.5 Å². The summed E-state index contributed by atoms with van der Waals surface area (Å²) in [6.45, 7) is 2.60. The highest BCUT2D eigenvalue weighted by atomic mass is 35.5. The number of nitro benzene ring substituents is 1. The van der Waals surface area contributed by atoms with E-state index >= 15 is 0 Å². The van der Waals surface area contributed by atoms with Crippen LogP contribution >= 0.6 is 11.6 Å². The lowest BCUT2D eigenvalue weighted by molar-refractivity contribution is -0.384. The number of hydrogen-bond donors (Lipinski definition) is 0. The molecule has 0 saturated heterocycles. The maximum Gasteiger partial charge on any atom is 0.288 e. The van der Waals surface area contributed by atoms with Gasteiger partial charge in [-0.1, -0.05) is 17.7 Å². The molecule has 138 valence electrons. The zero-order chi connectivity index (χ0) is 19.3. The average molecular weight is 379 g/mol. The van der Waals surface area contributed by atoms with Gasteiger partial charge >= 0.3 is 0 Å². The van der Waals surface area contributed by atoms with Gasteiger partial charge < -0.3 is 14.4 Å². The number of amides is 1. The number of nitro groups is 1. The van der Waals surface area contributed by atoms with E-state index in [1.54, 1.807) is 24.1 Å². The molecule has 0 atom stereocenters. The van der Waals surface area contributed by atoms with Gasteiger partial charge in [0.1, 0.15) is 5.02 Å². The molecular weight excluding hydrogens is 360 g/mol. The Bertz CT molecular complexity index is 825. The summed E-state index contributed by atoms with van der Waals surface area (Å²) < 4.78 is 10.5. The van der Waals surface area contributed by atoms with Crippen molar-refractivity contribution in [1.82, 2.24) is 4.90 Å². The Morgan fingerprint density at radius 3 is 2.42 bits per heavy atom. The summed E-state index contributed by atoms with van der Waals surface area (Å²) in [7, 11) is 3.09. The second kappa shape index (κ2) is 8.53. The van der Waals surface area contributed by atoms with Crippen LogP contribution < -0.4 is 9.47 Å². The number of rotatable bonds is 7. The Morgan fingerprint density at radius 2 is 1.85 bits per heavy atom. The van der Waals surface area contributed by atoms with E-state index in [9.17, 15) is 14.9 Å². The van der Waals surface area contributed by atoms with Gasteiger partial charge in [-0.05, 0) is 36.8 Å². The van der Waals surface area contributed by atoms with Crippen molar-refractivity contribution in [3.63, 3.8) is 0 Å². The number of benzene rings is 2. The molecule has 0 heterocycles. The average Bonchev–Trinajstić information content (AvgIpc) is 2.65. The first-order chi connectivity index (χ1) is 12.4. The molecule has 0 aliphatic heterocycles. The van der Waals surface area contributed by atoms with Crippen molar-refractivity contribution in [2.75, 3.05) is 20.8 Å². The molecule has 2 rings (SSSR count). The van der Waals surface area contributed by atoms with E-state index in [-0.39, 0.29) is 22.2 Å². The van der Waals surface area contributed by atoms with E-state index in [1.165, 1.54) is 25.3 Å². The van der Waals surface area contributed by atoms with Crippen molar-refractivity contribution in [3.05, 3.63) is 62.7 Å². The van der Waals surface area contributed by atoms with Crippen molar-refractivity contribution in [2.24, 2.45) is 0 Å². The van der Waals surface area contributed by atoms with Crippen molar-refractivity contribution in [1.29, 1.82) is 0 Å². The fourth-order valence-electron chi connectivity index (χ4n) is 2.49. The maximum absolute atomic E-state index is 12.7. The molecule has 0 spiro atoms. The SMILES string of the molecule is CCN(Cc1ccc(OC)c(OC)c1)C(=O)c1ccc(Cl)c([N+](=O)[O-])c1. The third kappa shape index (κ3) is 4.23. The van der Waals surface area contributed by atoms with Crippen LogP contribution in [0.15, 0.2) is 36.4 Å². The molecule has 0 fully saturated rings. The Labute approximate surface area is 156 Å². The smallest absolute Gasteiger partial charge is 0.288 e. The molecule has 8 heteroatoms. The number of carbonyl (C=O) groups is 1. The number of halogens is 1. The fourth-order valence-corrected chi connectivity index (χ4v) is 2.68. The van der Waals surface area contributed by atoms with Gasteiger partial charge in [0.15, 0.2) is 11.5 Å². The predicted octanol–water partition coefficient (Wildman–Crippen LogP) is 3.93. The van der Waals surface area contributed by atoms with Crippen LogP contribution in [0.25, 0.3) is 0 Å². The fraction of sp³-hybridized carbons (Fsp3) is 0.278. The van der Waals surface area contributed by atoms with Gasteiger partial charge in [0, 0.05) is 24.7 Å². The van der Waals surface area contributed by atoms with Gasteiger partial charge in [-0.15, -0.1) is 0 Å². The van der Waals surface area contributed by atoms with Crippen LogP contribution in [-0.2, 0) is 6.54 Å². The number of ether oxygens (including phenoxy) is 2. The van der Waals surface area contributed by atoms with Crippen molar-refractivity contribution >= 4 is 23.2 Å². The van der Waals surface area contributed by atoms with E-state index in [0.717, 1.165) is 5.56 Å². The van der Waals surface area contributed by atoms with E-state index in [0.29, 0.717) is 24.6 Å². The third-order valence-corrected chi connectivity index (χ3v) is 4.20. The lowest BCUT2D eigenvalue weighted by atomic mass is 10.1. The van der Waals surface area contributed by atoms with Gasteiger partial charge in [-0.2, -0.15) is 0 Å².